The molecule has 40 heavy (non-hydrogen) atoms. The number of aromatic nitrogens is 4. The zero-order valence-corrected chi connectivity index (χ0v) is 23.8. The monoisotopic (exact) mass is 532 g/mol. The highest BCUT2D eigenvalue weighted by atomic mass is 15.2. The molecule has 2 saturated carbocycles. The number of nitrogens with zero attached hydrogens (tertiary/aromatic N) is 4. The zero-order chi connectivity index (χ0) is 27.1. The molecule has 4 aromatic heterocycles. The number of fused-ring (bicyclic) bond motifs is 2. The second kappa shape index (κ2) is 10.6. The van der Waals surface area contributed by atoms with Crippen molar-refractivity contribution in [3.05, 3.63) is 72.1 Å². The van der Waals surface area contributed by atoms with Gasteiger partial charge in [-0.05, 0) is 63.8 Å². The molecule has 0 bridgehead atoms. The van der Waals surface area contributed by atoms with Gasteiger partial charge in [0.25, 0.3) is 0 Å². The molecule has 0 aliphatic heterocycles. The van der Waals surface area contributed by atoms with Gasteiger partial charge in [0.1, 0.15) is 34.3 Å². The molecule has 6 nitrogen and oxygen atoms in total. The fourth-order valence-corrected chi connectivity index (χ4v) is 6.84. The van der Waals surface area contributed by atoms with E-state index in [0.29, 0.717) is 12.1 Å². The molecule has 0 radical (unpaired) electrons. The first-order valence-electron chi connectivity index (χ1n) is 15.3. The van der Waals surface area contributed by atoms with Crippen LogP contribution in [0.4, 0.5) is 11.6 Å². The summed E-state index contributed by atoms with van der Waals surface area (Å²) in [5, 5.41) is 7.82. The topological polar surface area (TPSA) is 58.7 Å². The third kappa shape index (κ3) is 4.63. The summed E-state index contributed by atoms with van der Waals surface area (Å²) in [5.41, 5.74) is 8.70. The van der Waals surface area contributed by atoms with Crippen LogP contribution in [0.25, 0.3) is 33.8 Å². The Labute approximate surface area is 236 Å². The molecule has 0 spiro atoms. The summed E-state index contributed by atoms with van der Waals surface area (Å²) in [5.74, 6) is 2.24. The molecule has 4 heterocycles. The molecule has 6 heteroatoms. The third-order valence-electron chi connectivity index (χ3n) is 9.00. The first-order chi connectivity index (χ1) is 19.7. The van der Waals surface area contributed by atoms with Gasteiger partial charge in [-0.3, -0.25) is 8.80 Å². The number of benzene rings is 1. The van der Waals surface area contributed by atoms with E-state index in [1.165, 1.54) is 75.6 Å². The largest absolute Gasteiger partial charge is 0.367 e. The predicted molar refractivity (Wildman–Crippen MR) is 165 cm³/mol. The molecular formula is C34H40N6. The van der Waals surface area contributed by atoms with Crippen LogP contribution in [0.5, 0.6) is 0 Å². The SMILES string of the molecule is Cc1cccc2nc(-c3ccc(-c4nc5cccc(C)n5c4NC4CCCCC4)cc3)c(NC3CCCCC3)n12. The molecule has 0 atom stereocenters. The van der Waals surface area contributed by atoms with Crippen LogP contribution >= 0.6 is 0 Å². The minimum atomic E-state index is 0.501. The van der Waals surface area contributed by atoms with Crippen molar-refractivity contribution in [3.63, 3.8) is 0 Å². The van der Waals surface area contributed by atoms with E-state index in [4.69, 9.17) is 9.97 Å². The van der Waals surface area contributed by atoms with Crippen molar-refractivity contribution in [3.8, 4) is 22.5 Å². The number of rotatable bonds is 6. The first-order valence-corrected chi connectivity index (χ1v) is 15.3. The molecule has 2 aliphatic carbocycles. The summed E-state index contributed by atoms with van der Waals surface area (Å²) in [7, 11) is 0. The molecule has 5 aromatic rings. The number of hydrogen-bond donors (Lipinski definition) is 2. The van der Waals surface area contributed by atoms with Crippen LogP contribution in [0.2, 0.25) is 0 Å². The van der Waals surface area contributed by atoms with E-state index in [2.05, 4.69) is 93.9 Å². The lowest BCUT2D eigenvalue weighted by Gasteiger charge is -2.24. The zero-order valence-electron chi connectivity index (χ0n) is 23.8. The van der Waals surface area contributed by atoms with Gasteiger partial charge in [-0.2, -0.15) is 0 Å². The summed E-state index contributed by atoms with van der Waals surface area (Å²) < 4.78 is 4.57. The van der Waals surface area contributed by atoms with Gasteiger partial charge in [0.15, 0.2) is 0 Å². The van der Waals surface area contributed by atoms with Crippen molar-refractivity contribution in [1.29, 1.82) is 0 Å². The van der Waals surface area contributed by atoms with Gasteiger partial charge in [-0.15, -0.1) is 0 Å². The molecule has 206 valence electrons. The Balaban J connectivity index is 1.28. The van der Waals surface area contributed by atoms with Crippen molar-refractivity contribution in [2.24, 2.45) is 0 Å². The highest BCUT2D eigenvalue weighted by molar-refractivity contribution is 5.81. The number of anilines is 2. The Morgan fingerprint density at radius 1 is 0.550 bits per heavy atom. The maximum atomic E-state index is 5.12. The Morgan fingerprint density at radius 3 is 1.35 bits per heavy atom. The minimum absolute atomic E-state index is 0.501. The molecule has 7 rings (SSSR count). The van der Waals surface area contributed by atoms with Gasteiger partial charge in [-0.1, -0.05) is 74.9 Å². The van der Waals surface area contributed by atoms with Crippen LogP contribution < -0.4 is 10.6 Å². The van der Waals surface area contributed by atoms with Gasteiger partial charge in [-0.25, -0.2) is 9.97 Å². The molecule has 0 amide bonds. The average molecular weight is 533 g/mol. The quantitative estimate of drug-likeness (QED) is 0.230. The molecule has 2 fully saturated rings. The Bertz CT molecular complexity index is 1510. The first kappa shape index (κ1) is 25.2. The van der Waals surface area contributed by atoms with E-state index in [1.54, 1.807) is 0 Å². The van der Waals surface area contributed by atoms with Gasteiger partial charge in [0.05, 0.1) is 0 Å². The summed E-state index contributed by atoms with van der Waals surface area (Å²) in [6.45, 7) is 4.33. The highest BCUT2D eigenvalue weighted by Crippen LogP contribution is 2.36. The Morgan fingerprint density at radius 2 is 0.950 bits per heavy atom. The Hall–Kier alpha value is -3.80. The molecule has 0 saturated heterocycles. The van der Waals surface area contributed by atoms with Gasteiger partial charge in [0.2, 0.25) is 0 Å². The third-order valence-corrected chi connectivity index (χ3v) is 9.00. The molecule has 1 aromatic carbocycles. The van der Waals surface area contributed by atoms with Gasteiger partial charge < -0.3 is 10.6 Å². The average Bonchev–Trinajstić information content (AvgIpc) is 3.54. The molecule has 2 aliphatic rings. The van der Waals surface area contributed by atoms with E-state index >= 15 is 0 Å². The number of nitrogens with one attached hydrogen (secondary N) is 2. The standard InChI is InChI=1S/C34H40N6/c1-23-11-9-17-29-37-31(33(39(23)29)35-27-13-5-3-6-14-27)25-19-21-26(22-20-25)32-34(36-28-15-7-4-8-16-28)40-24(2)12-10-18-30(40)38-32/h9-12,17-22,27-28,35-36H,3-8,13-16H2,1-2H3. The van der Waals surface area contributed by atoms with Crippen LogP contribution in [0.3, 0.4) is 0 Å². The number of imidazole rings is 2. The molecule has 2 N–H and O–H groups in total. The normalized spacial score (nSPS) is 17.1. The van der Waals surface area contributed by atoms with E-state index in [1.807, 2.05) is 0 Å². The minimum Gasteiger partial charge on any atom is -0.367 e. The number of aryl methyl sites for hydroxylation is 2. The lowest BCUT2D eigenvalue weighted by atomic mass is 9.95. The molecular weight excluding hydrogens is 492 g/mol. The highest BCUT2D eigenvalue weighted by Gasteiger charge is 2.23. The van der Waals surface area contributed by atoms with Gasteiger partial charge >= 0.3 is 0 Å². The van der Waals surface area contributed by atoms with Crippen molar-refractivity contribution in [2.75, 3.05) is 10.6 Å². The van der Waals surface area contributed by atoms with Crippen molar-refractivity contribution >= 4 is 22.9 Å². The number of pyridine rings is 2. The second-order valence-corrected chi connectivity index (χ2v) is 11.9. The van der Waals surface area contributed by atoms with E-state index in [-0.39, 0.29) is 0 Å². The maximum Gasteiger partial charge on any atom is 0.139 e. The van der Waals surface area contributed by atoms with Crippen LogP contribution in [0.15, 0.2) is 60.7 Å². The van der Waals surface area contributed by atoms with Gasteiger partial charge in [0, 0.05) is 34.6 Å². The summed E-state index contributed by atoms with van der Waals surface area (Å²) >= 11 is 0. The van der Waals surface area contributed by atoms with E-state index in [9.17, 15) is 0 Å². The van der Waals surface area contributed by atoms with Crippen molar-refractivity contribution in [2.45, 2.75) is 90.1 Å². The second-order valence-electron chi connectivity index (χ2n) is 11.9. The maximum absolute atomic E-state index is 5.12. The predicted octanol–water partition coefficient (Wildman–Crippen LogP) is 8.42. The molecule has 0 unspecified atom stereocenters. The summed E-state index contributed by atoms with van der Waals surface area (Å²) in [4.78, 5) is 10.2. The van der Waals surface area contributed by atoms with Crippen LogP contribution in [-0.4, -0.2) is 30.9 Å². The fraction of sp³-hybridized carbons (Fsp3) is 0.412. The lowest BCUT2D eigenvalue weighted by molar-refractivity contribution is 0.461. The lowest BCUT2D eigenvalue weighted by Crippen LogP contribution is -2.23. The van der Waals surface area contributed by atoms with Crippen molar-refractivity contribution < 1.29 is 0 Å². The fourth-order valence-electron chi connectivity index (χ4n) is 6.84. The van der Waals surface area contributed by atoms with E-state index < -0.39 is 0 Å². The van der Waals surface area contributed by atoms with E-state index in [0.717, 1.165) is 45.4 Å². The smallest absolute Gasteiger partial charge is 0.139 e. The van der Waals surface area contributed by atoms with Crippen molar-refractivity contribution in [1.82, 2.24) is 18.8 Å². The summed E-state index contributed by atoms with van der Waals surface area (Å²) in [6, 6.07) is 22.6. The van der Waals surface area contributed by atoms with Crippen LogP contribution in [0.1, 0.15) is 75.6 Å². The summed E-state index contributed by atoms with van der Waals surface area (Å²) in [6.07, 6.45) is 12.8. The van der Waals surface area contributed by atoms with Crippen LogP contribution in [-0.2, 0) is 0 Å². The number of hydrogen-bond acceptors (Lipinski definition) is 4. The Kier molecular flexibility index (Phi) is 6.70. The van der Waals surface area contributed by atoms with Crippen LogP contribution in [0, 0.1) is 13.8 Å².